The molecule has 18 heavy (non-hydrogen) atoms. The van der Waals surface area contributed by atoms with Crippen molar-refractivity contribution in [3.05, 3.63) is 22.8 Å². The Bertz CT molecular complexity index is 458. The predicted molar refractivity (Wildman–Crippen MR) is 70.6 cm³/mol. The molecule has 0 spiro atoms. The smallest absolute Gasteiger partial charge is 0.132 e. The molecule has 2 rings (SSSR count). The molecule has 1 saturated heterocycles. The molecular weight excluding hydrogens is 250 g/mol. The number of hydrogen-bond acceptors (Lipinski definition) is 4. The minimum absolute atomic E-state index is 0.326. The summed E-state index contributed by atoms with van der Waals surface area (Å²) in [4.78, 5) is 4.16. The Kier molecular flexibility index (Phi) is 4.40. The van der Waals surface area contributed by atoms with Crippen LogP contribution in [0.15, 0.2) is 12.1 Å². The van der Waals surface area contributed by atoms with Crippen molar-refractivity contribution < 1.29 is 4.74 Å². The zero-order valence-corrected chi connectivity index (χ0v) is 11.1. The van der Waals surface area contributed by atoms with Crippen LogP contribution >= 0.6 is 11.6 Å². The fourth-order valence-electron chi connectivity index (χ4n) is 2.27. The summed E-state index contributed by atoms with van der Waals surface area (Å²) in [7, 11) is 0. The molecule has 2 heterocycles. The molecule has 0 aliphatic carbocycles. The van der Waals surface area contributed by atoms with Gasteiger partial charge in [-0.25, -0.2) is 4.98 Å². The van der Waals surface area contributed by atoms with E-state index in [-0.39, 0.29) is 0 Å². The average molecular weight is 266 g/mol. The van der Waals surface area contributed by atoms with E-state index >= 15 is 0 Å². The summed E-state index contributed by atoms with van der Waals surface area (Å²) in [6, 6.07) is 5.33. The van der Waals surface area contributed by atoms with Crippen LogP contribution in [0.4, 0.5) is 5.82 Å². The van der Waals surface area contributed by atoms with Crippen LogP contribution in [-0.2, 0) is 4.74 Å². The first kappa shape index (κ1) is 13.1. The van der Waals surface area contributed by atoms with Crippen LogP contribution in [-0.4, -0.2) is 24.2 Å². The van der Waals surface area contributed by atoms with Crippen LogP contribution in [0.5, 0.6) is 0 Å². The number of nitrogens with zero attached hydrogens (tertiary/aromatic N) is 2. The van der Waals surface area contributed by atoms with E-state index in [1.54, 1.807) is 12.1 Å². The molecule has 1 aliphatic rings. The van der Waals surface area contributed by atoms with Crippen LogP contribution < -0.4 is 5.32 Å². The monoisotopic (exact) mass is 265 g/mol. The van der Waals surface area contributed by atoms with Crippen LogP contribution in [0.3, 0.4) is 0 Å². The summed E-state index contributed by atoms with van der Waals surface area (Å²) >= 11 is 5.85. The van der Waals surface area contributed by atoms with Crippen molar-refractivity contribution in [3.8, 4) is 6.07 Å². The van der Waals surface area contributed by atoms with Crippen LogP contribution in [0.25, 0.3) is 0 Å². The van der Waals surface area contributed by atoms with Gasteiger partial charge in [-0.15, -0.1) is 0 Å². The maximum atomic E-state index is 8.86. The molecule has 1 aromatic rings. The number of rotatable bonds is 4. The van der Waals surface area contributed by atoms with E-state index < -0.39 is 0 Å². The van der Waals surface area contributed by atoms with Gasteiger partial charge in [-0.3, -0.25) is 0 Å². The maximum Gasteiger partial charge on any atom is 0.132 e. The molecule has 0 aromatic carbocycles. The minimum Gasteiger partial charge on any atom is -0.378 e. The molecule has 1 N–H and O–H groups in total. The standard InChI is InChI=1S/C13H16ClN3O/c1-2-11-10(3-4-18-11)8-16-13-6-9(7-15)5-12(14)17-13/h5-6,10-11H,2-4,8H2,1H3,(H,16,17). The molecule has 5 heteroatoms. The Hall–Kier alpha value is -1.31. The largest absolute Gasteiger partial charge is 0.378 e. The van der Waals surface area contributed by atoms with E-state index in [1.807, 2.05) is 0 Å². The zero-order valence-electron chi connectivity index (χ0n) is 10.3. The summed E-state index contributed by atoms with van der Waals surface area (Å²) in [6.45, 7) is 3.77. The minimum atomic E-state index is 0.326. The lowest BCUT2D eigenvalue weighted by Gasteiger charge is -2.17. The Morgan fingerprint density at radius 3 is 3.17 bits per heavy atom. The van der Waals surface area contributed by atoms with Gasteiger partial charge < -0.3 is 10.1 Å². The van der Waals surface area contributed by atoms with Gasteiger partial charge >= 0.3 is 0 Å². The maximum absolute atomic E-state index is 8.86. The summed E-state index contributed by atoms with van der Waals surface area (Å²) < 4.78 is 5.63. The van der Waals surface area contributed by atoms with E-state index in [2.05, 4.69) is 23.3 Å². The highest BCUT2D eigenvalue weighted by Crippen LogP contribution is 2.24. The molecule has 1 aromatic heterocycles. The predicted octanol–water partition coefficient (Wildman–Crippen LogP) is 2.83. The van der Waals surface area contributed by atoms with Crippen molar-refractivity contribution in [1.82, 2.24) is 4.98 Å². The molecule has 0 amide bonds. The second-order valence-corrected chi connectivity index (χ2v) is 4.81. The van der Waals surface area contributed by atoms with Gasteiger partial charge in [0, 0.05) is 19.1 Å². The quantitative estimate of drug-likeness (QED) is 0.851. The zero-order chi connectivity index (χ0) is 13.0. The average Bonchev–Trinajstić information content (AvgIpc) is 2.83. The van der Waals surface area contributed by atoms with Gasteiger partial charge in [-0.1, -0.05) is 18.5 Å². The molecule has 0 saturated carbocycles. The van der Waals surface area contributed by atoms with E-state index in [1.165, 1.54) is 0 Å². The van der Waals surface area contributed by atoms with Crippen LogP contribution in [0.1, 0.15) is 25.3 Å². The topological polar surface area (TPSA) is 57.9 Å². The van der Waals surface area contributed by atoms with E-state index in [4.69, 9.17) is 21.6 Å². The van der Waals surface area contributed by atoms with Gasteiger partial charge in [0.1, 0.15) is 11.0 Å². The van der Waals surface area contributed by atoms with Gasteiger partial charge in [0.25, 0.3) is 0 Å². The second-order valence-electron chi connectivity index (χ2n) is 4.42. The molecule has 96 valence electrons. The lowest BCUT2D eigenvalue weighted by molar-refractivity contribution is 0.0900. The normalized spacial score (nSPS) is 22.7. The second kappa shape index (κ2) is 6.03. The van der Waals surface area contributed by atoms with Crippen molar-refractivity contribution in [2.45, 2.75) is 25.9 Å². The first-order valence-corrected chi connectivity index (χ1v) is 6.54. The molecule has 0 bridgehead atoms. The molecule has 1 fully saturated rings. The highest BCUT2D eigenvalue weighted by atomic mass is 35.5. The van der Waals surface area contributed by atoms with Crippen molar-refractivity contribution in [2.75, 3.05) is 18.5 Å². The Labute approximate surface area is 112 Å². The van der Waals surface area contributed by atoms with Crippen LogP contribution in [0, 0.1) is 17.2 Å². The van der Waals surface area contributed by atoms with E-state index in [9.17, 15) is 0 Å². The summed E-state index contributed by atoms with van der Waals surface area (Å²) in [5.41, 5.74) is 0.521. The number of halogens is 1. The summed E-state index contributed by atoms with van der Waals surface area (Å²) in [5, 5.41) is 12.4. The van der Waals surface area contributed by atoms with Gasteiger partial charge in [0.15, 0.2) is 0 Å². The van der Waals surface area contributed by atoms with Crippen LogP contribution in [0.2, 0.25) is 5.15 Å². The summed E-state index contributed by atoms with van der Waals surface area (Å²) in [6.07, 6.45) is 2.42. The third kappa shape index (κ3) is 3.12. The van der Waals surface area contributed by atoms with E-state index in [0.29, 0.717) is 28.6 Å². The number of pyridine rings is 1. The van der Waals surface area contributed by atoms with Gasteiger partial charge in [0.05, 0.1) is 17.7 Å². The van der Waals surface area contributed by atoms with E-state index in [0.717, 1.165) is 26.0 Å². The Balaban J connectivity index is 1.98. The molecular formula is C13H16ClN3O. The lowest BCUT2D eigenvalue weighted by atomic mass is 10.00. The molecule has 2 atom stereocenters. The summed E-state index contributed by atoms with van der Waals surface area (Å²) in [5.74, 6) is 1.15. The number of nitriles is 1. The highest BCUT2D eigenvalue weighted by molar-refractivity contribution is 6.29. The Morgan fingerprint density at radius 1 is 1.61 bits per heavy atom. The third-order valence-corrected chi connectivity index (χ3v) is 3.41. The lowest BCUT2D eigenvalue weighted by Crippen LogP contribution is -2.23. The number of ether oxygens (including phenoxy) is 1. The van der Waals surface area contributed by atoms with Crippen molar-refractivity contribution in [3.63, 3.8) is 0 Å². The first-order valence-electron chi connectivity index (χ1n) is 6.16. The SMILES string of the molecule is CCC1OCCC1CNc1cc(C#N)cc(Cl)n1. The van der Waals surface area contributed by atoms with Gasteiger partial charge in [-0.05, 0) is 25.0 Å². The molecule has 0 radical (unpaired) electrons. The molecule has 2 unspecified atom stereocenters. The first-order chi connectivity index (χ1) is 8.72. The van der Waals surface area contributed by atoms with Crippen molar-refractivity contribution in [2.24, 2.45) is 5.92 Å². The third-order valence-electron chi connectivity index (χ3n) is 3.22. The molecule has 4 nitrogen and oxygen atoms in total. The fraction of sp³-hybridized carbons (Fsp3) is 0.538. The highest BCUT2D eigenvalue weighted by Gasteiger charge is 2.26. The van der Waals surface area contributed by atoms with Gasteiger partial charge in [-0.2, -0.15) is 5.26 Å². The number of aromatic nitrogens is 1. The van der Waals surface area contributed by atoms with Gasteiger partial charge in [0.2, 0.25) is 0 Å². The number of anilines is 1. The Morgan fingerprint density at radius 2 is 2.44 bits per heavy atom. The molecule has 1 aliphatic heterocycles. The van der Waals surface area contributed by atoms with Crippen molar-refractivity contribution >= 4 is 17.4 Å². The van der Waals surface area contributed by atoms with Crippen molar-refractivity contribution in [1.29, 1.82) is 5.26 Å². The number of hydrogen-bond donors (Lipinski definition) is 1. The fourth-order valence-corrected chi connectivity index (χ4v) is 2.47. The number of nitrogens with one attached hydrogen (secondary N) is 1.